The molecule has 0 aromatic heterocycles. The monoisotopic (exact) mass is 486 g/mol. The van der Waals surface area contributed by atoms with Crippen LogP contribution in [0.5, 0.6) is 11.5 Å². The minimum Gasteiger partial charge on any atom is -0.488 e. The first-order valence-corrected chi connectivity index (χ1v) is 12.5. The van der Waals surface area contributed by atoms with E-state index in [1.807, 2.05) is 52.0 Å². The number of hydrogen-bond acceptors (Lipinski definition) is 4. The first-order chi connectivity index (χ1) is 16.8. The maximum atomic E-state index is 12.7. The van der Waals surface area contributed by atoms with Crippen LogP contribution in [0.1, 0.15) is 90.9 Å². The van der Waals surface area contributed by atoms with Crippen LogP contribution in [0.15, 0.2) is 60.7 Å². The van der Waals surface area contributed by atoms with Gasteiger partial charge in [-0.25, -0.2) is 4.79 Å². The Hall–Kier alpha value is -3.40. The summed E-state index contributed by atoms with van der Waals surface area (Å²) in [4.78, 5) is 25.1. The number of ketones is 1. The molecule has 0 spiro atoms. The average Bonchev–Trinajstić information content (AvgIpc) is 2.81. The van der Waals surface area contributed by atoms with Crippen LogP contribution in [0.3, 0.4) is 0 Å². The second-order valence-corrected chi connectivity index (χ2v) is 11.1. The highest BCUT2D eigenvalue weighted by atomic mass is 16.5. The summed E-state index contributed by atoms with van der Waals surface area (Å²) in [5.74, 6) is 1.04. The van der Waals surface area contributed by atoms with Crippen molar-refractivity contribution in [1.29, 1.82) is 0 Å². The molecule has 3 aromatic carbocycles. The molecule has 0 bridgehead atoms. The van der Waals surface area contributed by atoms with E-state index in [2.05, 4.69) is 39.8 Å². The van der Waals surface area contributed by atoms with Crippen molar-refractivity contribution in [2.45, 2.75) is 73.8 Å². The molecule has 0 aliphatic carbocycles. The number of Topliss-reactive ketones (excluding diaryl/α,β-unsaturated/α-hetero) is 1. The molecule has 0 amide bonds. The van der Waals surface area contributed by atoms with Crippen LogP contribution in [0, 0.1) is 19.3 Å². The van der Waals surface area contributed by atoms with Crippen LogP contribution in [-0.4, -0.2) is 17.4 Å². The van der Waals surface area contributed by atoms with Crippen molar-refractivity contribution in [1.82, 2.24) is 0 Å². The van der Waals surface area contributed by atoms with Crippen molar-refractivity contribution in [3.8, 4) is 11.5 Å². The topological polar surface area (TPSA) is 52.6 Å². The lowest BCUT2D eigenvalue weighted by atomic mass is 9.86. The van der Waals surface area contributed by atoms with Crippen LogP contribution in [0.25, 0.3) is 0 Å². The molecule has 3 rings (SSSR count). The van der Waals surface area contributed by atoms with Gasteiger partial charge in [-0.1, -0.05) is 64.1 Å². The number of hydrogen-bond donors (Lipinski definition) is 0. The van der Waals surface area contributed by atoms with Gasteiger partial charge in [-0.2, -0.15) is 0 Å². The predicted molar refractivity (Wildman–Crippen MR) is 145 cm³/mol. The van der Waals surface area contributed by atoms with Gasteiger partial charge in [0.2, 0.25) is 0 Å². The third-order valence-corrected chi connectivity index (χ3v) is 6.39. The molecule has 0 unspecified atom stereocenters. The molecule has 0 aliphatic heterocycles. The fourth-order valence-corrected chi connectivity index (χ4v) is 3.83. The zero-order valence-corrected chi connectivity index (χ0v) is 22.8. The number of carbonyl (C=O) groups is 2. The van der Waals surface area contributed by atoms with Gasteiger partial charge in [-0.3, -0.25) is 4.79 Å². The van der Waals surface area contributed by atoms with Crippen LogP contribution in [-0.2, 0) is 6.42 Å². The Morgan fingerprint density at radius 2 is 1.22 bits per heavy atom. The summed E-state index contributed by atoms with van der Waals surface area (Å²) in [5, 5.41) is 0. The van der Waals surface area contributed by atoms with E-state index in [0.29, 0.717) is 16.9 Å². The number of ether oxygens (including phenoxy) is 2. The van der Waals surface area contributed by atoms with E-state index in [-0.39, 0.29) is 11.4 Å². The van der Waals surface area contributed by atoms with Gasteiger partial charge in [-0.05, 0) is 87.1 Å². The van der Waals surface area contributed by atoms with Gasteiger partial charge in [0, 0.05) is 11.0 Å². The highest BCUT2D eigenvalue weighted by Gasteiger charge is 2.23. The minimum atomic E-state index is -0.471. The van der Waals surface area contributed by atoms with Gasteiger partial charge in [-0.15, -0.1) is 0 Å². The lowest BCUT2D eigenvalue weighted by Crippen LogP contribution is -2.27. The lowest BCUT2D eigenvalue weighted by molar-refractivity contribution is 0.0732. The average molecular weight is 487 g/mol. The van der Waals surface area contributed by atoms with Gasteiger partial charge in [0.05, 0.1) is 5.56 Å². The SMILES string of the molecule is CCC(C)(C)Oc1ccc(Cc2ccc(OC(=O)c3ccc(C(=O)C(C)(C)C)cc3)c(C)c2)cc1C. The lowest BCUT2D eigenvalue weighted by Gasteiger charge is -2.26. The Labute approximate surface area is 215 Å². The second-order valence-electron chi connectivity index (χ2n) is 11.1. The van der Waals surface area contributed by atoms with Crippen LogP contribution < -0.4 is 9.47 Å². The molecule has 0 heterocycles. The van der Waals surface area contributed by atoms with Gasteiger partial charge in [0.1, 0.15) is 17.1 Å². The van der Waals surface area contributed by atoms with Gasteiger partial charge >= 0.3 is 5.97 Å². The maximum Gasteiger partial charge on any atom is 0.343 e. The largest absolute Gasteiger partial charge is 0.488 e. The minimum absolute atomic E-state index is 0.0380. The summed E-state index contributed by atoms with van der Waals surface area (Å²) in [6.45, 7) is 16.0. The van der Waals surface area contributed by atoms with Crippen molar-refractivity contribution < 1.29 is 19.1 Å². The summed E-state index contributed by atoms with van der Waals surface area (Å²) in [5.41, 5.74) is 4.68. The molecule has 3 aromatic rings. The van der Waals surface area contributed by atoms with Crippen molar-refractivity contribution in [2.75, 3.05) is 0 Å². The molecular weight excluding hydrogens is 448 g/mol. The molecule has 4 nitrogen and oxygen atoms in total. The Morgan fingerprint density at radius 3 is 1.69 bits per heavy atom. The molecule has 0 fully saturated rings. The number of carbonyl (C=O) groups excluding carboxylic acids is 2. The Morgan fingerprint density at radius 1 is 0.722 bits per heavy atom. The third kappa shape index (κ3) is 6.84. The number of rotatable bonds is 8. The Kier molecular flexibility index (Phi) is 8.08. The number of benzene rings is 3. The van der Waals surface area contributed by atoms with Crippen molar-refractivity contribution in [2.24, 2.45) is 5.41 Å². The third-order valence-electron chi connectivity index (χ3n) is 6.39. The molecular formula is C32H38O4. The molecule has 190 valence electrons. The van der Waals surface area contributed by atoms with E-state index < -0.39 is 11.4 Å². The molecule has 0 saturated carbocycles. The normalized spacial score (nSPS) is 11.8. The number of aryl methyl sites for hydroxylation is 2. The molecule has 0 N–H and O–H groups in total. The molecule has 4 heteroatoms. The maximum absolute atomic E-state index is 12.7. The first-order valence-electron chi connectivity index (χ1n) is 12.5. The predicted octanol–water partition coefficient (Wildman–Crippen LogP) is 7.91. The van der Waals surface area contributed by atoms with E-state index in [9.17, 15) is 9.59 Å². The van der Waals surface area contributed by atoms with Gasteiger partial charge in [0.15, 0.2) is 5.78 Å². The molecule has 0 radical (unpaired) electrons. The fraction of sp³-hybridized carbons (Fsp3) is 0.375. The first kappa shape index (κ1) is 27.2. The van der Waals surface area contributed by atoms with E-state index in [0.717, 1.165) is 35.3 Å². The van der Waals surface area contributed by atoms with E-state index in [4.69, 9.17) is 9.47 Å². The van der Waals surface area contributed by atoms with Crippen LogP contribution in [0.4, 0.5) is 0 Å². The van der Waals surface area contributed by atoms with E-state index in [1.165, 1.54) is 5.56 Å². The summed E-state index contributed by atoms with van der Waals surface area (Å²) >= 11 is 0. The second kappa shape index (κ2) is 10.7. The van der Waals surface area contributed by atoms with Gasteiger partial charge < -0.3 is 9.47 Å². The standard InChI is InChI=1S/C32H38O4/c1-9-32(7,8)36-28-17-11-24(19-22(28)3)20-23-10-16-27(21(2)18-23)35-30(34)26-14-12-25(13-15-26)29(33)31(4,5)6/h10-19H,9,20H2,1-8H3. The molecule has 0 aliphatic rings. The van der Waals surface area contributed by atoms with Crippen LogP contribution >= 0.6 is 0 Å². The summed E-state index contributed by atoms with van der Waals surface area (Å²) in [6, 6.07) is 18.8. The number of esters is 1. The van der Waals surface area contributed by atoms with Crippen molar-refractivity contribution in [3.05, 3.63) is 94.0 Å². The van der Waals surface area contributed by atoms with Crippen molar-refractivity contribution >= 4 is 11.8 Å². The Bertz CT molecular complexity index is 1240. The zero-order chi connectivity index (χ0) is 26.7. The Balaban J connectivity index is 1.67. The zero-order valence-electron chi connectivity index (χ0n) is 22.8. The summed E-state index contributed by atoms with van der Waals surface area (Å²) in [6.07, 6.45) is 1.71. The molecule has 0 atom stereocenters. The molecule has 36 heavy (non-hydrogen) atoms. The quantitative estimate of drug-likeness (QED) is 0.184. The van der Waals surface area contributed by atoms with Crippen LogP contribution in [0.2, 0.25) is 0 Å². The molecule has 0 saturated heterocycles. The van der Waals surface area contributed by atoms with Crippen molar-refractivity contribution in [3.63, 3.8) is 0 Å². The van der Waals surface area contributed by atoms with E-state index >= 15 is 0 Å². The fourth-order valence-electron chi connectivity index (χ4n) is 3.83. The summed E-state index contributed by atoms with van der Waals surface area (Å²) < 4.78 is 11.8. The smallest absolute Gasteiger partial charge is 0.343 e. The highest BCUT2D eigenvalue weighted by molar-refractivity contribution is 6.00. The highest BCUT2D eigenvalue weighted by Crippen LogP contribution is 2.28. The van der Waals surface area contributed by atoms with E-state index in [1.54, 1.807) is 24.3 Å². The van der Waals surface area contributed by atoms with Gasteiger partial charge in [0.25, 0.3) is 0 Å². The summed E-state index contributed by atoms with van der Waals surface area (Å²) in [7, 11) is 0.